The topological polar surface area (TPSA) is 78.9 Å². The van der Waals surface area contributed by atoms with E-state index in [1.54, 1.807) is 14.0 Å². The van der Waals surface area contributed by atoms with E-state index in [4.69, 9.17) is 0 Å². The third-order valence-electron chi connectivity index (χ3n) is 2.32. The van der Waals surface area contributed by atoms with Gasteiger partial charge in [-0.1, -0.05) is 6.92 Å². The standard InChI is InChI=1S/C11H18BrN5O/c1-4-5-14-9-8(12)10(16-6-15-9)17-7(2)11(18)13-3/h6-7H,4-5H2,1-3H3,(H,13,18)(H2,14,15,16,17). The number of nitrogens with zero attached hydrogens (tertiary/aromatic N) is 2. The molecule has 0 aliphatic rings. The van der Waals surface area contributed by atoms with Gasteiger partial charge in [0.2, 0.25) is 5.91 Å². The zero-order chi connectivity index (χ0) is 13.5. The molecule has 0 saturated heterocycles. The Morgan fingerprint density at radius 2 is 2.11 bits per heavy atom. The fourth-order valence-electron chi connectivity index (χ4n) is 1.32. The molecule has 7 heteroatoms. The third kappa shape index (κ3) is 3.83. The molecule has 0 saturated carbocycles. The van der Waals surface area contributed by atoms with Gasteiger partial charge in [0.1, 0.15) is 28.5 Å². The van der Waals surface area contributed by atoms with Crippen molar-refractivity contribution in [3.8, 4) is 0 Å². The van der Waals surface area contributed by atoms with Crippen LogP contribution in [0.5, 0.6) is 0 Å². The Labute approximate surface area is 115 Å². The fourth-order valence-corrected chi connectivity index (χ4v) is 1.78. The summed E-state index contributed by atoms with van der Waals surface area (Å²) in [7, 11) is 1.60. The molecule has 1 heterocycles. The fraction of sp³-hybridized carbons (Fsp3) is 0.545. The lowest BCUT2D eigenvalue weighted by Gasteiger charge is -2.15. The van der Waals surface area contributed by atoms with Crippen LogP contribution in [0.1, 0.15) is 20.3 Å². The lowest BCUT2D eigenvalue weighted by atomic mass is 10.3. The van der Waals surface area contributed by atoms with Gasteiger partial charge in [-0.25, -0.2) is 9.97 Å². The quantitative estimate of drug-likeness (QED) is 0.743. The molecule has 1 amide bonds. The van der Waals surface area contributed by atoms with Crippen LogP contribution in [-0.4, -0.2) is 35.5 Å². The van der Waals surface area contributed by atoms with Gasteiger partial charge in [-0.3, -0.25) is 4.79 Å². The minimum Gasteiger partial charge on any atom is -0.369 e. The molecular weight excluding hydrogens is 298 g/mol. The number of rotatable bonds is 6. The molecule has 100 valence electrons. The van der Waals surface area contributed by atoms with Gasteiger partial charge in [0, 0.05) is 13.6 Å². The van der Waals surface area contributed by atoms with Gasteiger partial charge in [-0.05, 0) is 29.3 Å². The van der Waals surface area contributed by atoms with Crippen molar-refractivity contribution in [2.75, 3.05) is 24.2 Å². The van der Waals surface area contributed by atoms with E-state index in [0.717, 1.165) is 23.3 Å². The smallest absolute Gasteiger partial charge is 0.241 e. The maximum Gasteiger partial charge on any atom is 0.241 e. The van der Waals surface area contributed by atoms with E-state index in [1.165, 1.54) is 6.33 Å². The van der Waals surface area contributed by atoms with E-state index in [1.807, 2.05) is 0 Å². The van der Waals surface area contributed by atoms with Crippen LogP contribution in [0, 0.1) is 0 Å². The van der Waals surface area contributed by atoms with E-state index < -0.39 is 0 Å². The highest BCUT2D eigenvalue weighted by Crippen LogP contribution is 2.26. The summed E-state index contributed by atoms with van der Waals surface area (Å²) in [5.74, 6) is 1.22. The first-order chi connectivity index (χ1) is 8.60. The number of nitrogens with one attached hydrogen (secondary N) is 3. The van der Waals surface area contributed by atoms with Crippen LogP contribution in [0.4, 0.5) is 11.6 Å². The molecule has 18 heavy (non-hydrogen) atoms. The highest BCUT2D eigenvalue weighted by atomic mass is 79.9. The molecule has 6 nitrogen and oxygen atoms in total. The lowest BCUT2D eigenvalue weighted by molar-refractivity contribution is -0.121. The number of hydrogen-bond acceptors (Lipinski definition) is 5. The molecule has 0 aromatic carbocycles. The molecule has 1 aromatic rings. The van der Waals surface area contributed by atoms with Gasteiger partial charge in [0.15, 0.2) is 0 Å². The summed E-state index contributed by atoms with van der Waals surface area (Å²) in [4.78, 5) is 19.7. The number of anilines is 2. The minimum absolute atomic E-state index is 0.0939. The molecule has 1 rings (SSSR count). The first-order valence-electron chi connectivity index (χ1n) is 5.82. The molecule has 1 unspecified atom stereocenters. The van der Waals surface area contributed by atoms with Crippen molar-refractivity contribution in [2.24, 2.45) is 0 Å². The Balaban J connectivity index is 2.80. The zero-order valence-electron chi connectivity index (χ0n) is 10.7. The second kappa shape index (κ2) is 7.15. The zero-order valence-corrected chi connectivity index (χ0v) is 12.3. The van der Waals surface area contributed by atoms with E-state index in [2.05, 4.69) is 48.8 Å². The summed E-state index contributed by atoms with van der Waals surface area (Å²) >= 11 is 3.43. The van der Waals surface area contributed by atoms with Crippen LogP contribution in [-0.2, 0) is 4.79 Å². The summed E-state index contributed by atoms with van der Waals surface area (Å²) in [6.45, 7) is 4.68. The van der Waals surface area contributed by atoms with Crippen LogP contribution in [0.2, 0.25) is 0 Å². The van der Waals surface area contributed by atoms with Gasteiger partial charge in [0.05, 0.1) is 0 Å². The van der Waals surface area contributed by atoms with Crippen LogP contribution in [0.3, 0.4) is 0 Å². The largest absolute Gasteiger partial charge is 0.369 e. The second-order valence-electron chi connectivity index (χ2n) is 3.79. The maximum absolute atomic E-state index is 11.4. The van der Waals surface area contributed by atoms with Crippen LogP contribution in [0.25, 0.3) is 0 Å². The van der Waals surface area contributed by atoms with Gasteiger partial charge < -0.3 is 16.0 Å². The number of likely N-dealkylation sites (N-methyl/N-ethyl adjacent to an activating group) is 1. The van der Waals surface area contributed by atoms with E-state index in [9.17, 15) is 4.79 Å². The number of hydrogen-bond donors (Lipinski definition) is 3. The van der Waals surface area contributed by atoms with Crippen molar-refractivity contribution >= 4 is 33.5 Å². The lowest BCUT2D eigenvalue weighted by Crippen LogP contribution is -2.35. The Hall–Kier alpha value is -1.37. The first-order valence-corrected chi connectivity index (χ1v) is 6.62. The van der Waals surface area contributed by atoms with E-state index in [-0.39, 0.29) is 11.9 Å². The number of aromatic nitrogens is 2. The minimum atomic E-state index is -0.361. The molecule has 0 bridgehead atoms. The number of halogens is 1. The summed E-state index contributed by atoms with van der Waals surface area (Å²) in [6, 6.07) is -0.361. The molecule has 1 aromatic heterocycles. The van der Waals surface area contributed by atoms with Crippen LogP contribution >= 0.6 is 15.9 Å². The SMILES string of the molecule is CCCNc1ncnc(NC(C)C(=O)NC)c1Br. The first kappa shape index (κ1) is 14.7. The van der Waals surface area contributed by atoms with Gasteiger partial charge in [0.25, 0.3) is 0 Å². The Bertz CT molecular complexity index is 412. The van der Waals surface area contributed by atoms with Crippen molar-refractivity contribution in [1.82, 2.24) is 15.3 Å². The predicted octanol–water partition coefficient (Wildman–Crippen LogP) is 1.61. The summed E-state index contributed by atoms with van der Waals surface area (Å²) < 4.78 is 0.731. The van der Waals surface area contributed by atoms with Crippen molar-refractivity contribution in [2.45, 2.75) is 26.3 Å². The van der Waals surface area contributed by atoms with Gasteiger partial charge in [-0.2, -0.15) is 0 Å². The summed E-state index contributed by atoms with van der Waals surface area (Å²) in [5.41, 5.74) is 0. The molecule has 0 radical (unpaired) electrons. The Morgan fingerprint density at radius 3 is 2.72 bits per heavy atom. The molecule has 3 N–H and O–H groups in total. The summed E-state index contributed by atoms with van der Waals surface area (Å²) in [6.07, 6.45) is 2.47. The highest BCUT2D eigenvalue weighted by Gasteiger charge is 2.14. The van der Waals surface area contributed by atoms with Crippen molar-refractivity contribution in [3.05, 3.63) is 10.8 Å². The molecular formula is C11H18BrN5O. The normalized spacial score (nSPS) is 11.8. The molecule has 1 atom stereocenters. The second-order valence-corrected chi connectivity index (χ2v) is 4.58. The Kier molecular flexibility index (Phi) is 5.84. The predicted molar refractivity (Wildman–Crippen MR) is 75.7 cm³/mol. The average molecular weight is 316 g/mol. The Morgan fingerprint density at radius 1 is 1.44 bits per heavy atom. The molecule has 0 spiro atoms. The van der Waals surface area contributed by atoms with Gasteiger partial charge in [-0.15, -0.1) is 0 Å². The maximum atomic E-state index is 11.4. The van der Waals surface area contributed by atoms with Gasteiger partial charge >= 0.3 is 0 Å². The number of amides is 1. The van der Waals surface area contributed by atoms with Crippen molar-refractivity contribution in [1.29, 1.82) is 0 Å². The van der Waals surface area contributed by atoms with Crippen LogP contribution in [0.15, 0.2) is 10.8 Å². The highest BCUT2D eigenvalue weighted by molar-refractivity contribution is 9.10. The van der Waals surface area contributed by atoms with E-state index >= 15 is 0 Å². The number of carbonyl (C=O) groups excluding carboxylic acids is 1. The van der Waals surface area contributed by atoms with Crippen molar-refractivity contribution in [3.63, 3.8) is 0 Å². The summed E-state index contributed by atoms with van der Waals surface area (Å²) in [5, 5.41) is 8.79. The third-order valence-corrected chi connectivity index (χ3v) is 3.08. The molecule has 0 aliphatic carbocycles. The van der Waals surface area contributed by atoms with E-state index in [0.29, 0.717) is 5.82 Å². The molecule has 0 fully saturated rings. The number of carbonyl (C=O) groups is 1. The van der Waals surface area contributed by atoms with Crippen LogP contribution < -0.4 is 16.0 Å². The van der Waals surface area contributed by atoms with Crippen molar-refractivity contribution < 1.29 is 4.79 Å². The monoisotopic (exact) mass is 315 g/mol. The average Bonchev–Trinajstić information content (AvgIpc) is 2.38. The molecule has 0 aliphatic heterocycles.